The van der Waals surface area contributed by atoms with Crippen molar-refractivity contribution in [2.75, 3.05) is 80.0 Å². The van der Waals surface area contributed by atoms with Crippen LogP contribution in [0.4, 0.5) is 0 Å². The summed E-state index contributed by atoms with van der Waals surface area (Å²) < 4.78 is 8.57. The molecule has 0 spiro atoms. The molecule has 394 valence electrons. The quantitative estimate of drug-likeness (QED) is 0.0920. The number of aryl methyl sites for hydroxylation is 2. The molecule has 5 heterocycles. The van der Waals surface area contributed by atoms with E-state index < -0.39 is 0 Å². The van der Waals surface area contributed by atoms with Crippen LogP contribution in [0.25, 0.3) is 0 Å². The summed E-state index contributed by atoms with van der Waals surface area (Å²) in [4.78, 5) is 56.2. The van der Waals surface area contributed by atoms with Gasteiger partial charge in [0.1, 0.15) is 29.1 Å². The first kappa shape index (κ1) is 60.0. The van der Waals surface area contributed by atoms with Crippen LogP contribution in [0, 0.1) is 5.41 Å². The van der Waals surface area contributed by atoms with Gasteiger partial charge in [-0.25, -0.2) is 19.9 Å². The number of aromatic nitrogens is 8. The molecule has 0 saturated carbocycles. The fourth-order valence-electron chi connectivity index (χ4n) is 7.77. The zero-order chi connectivity index (χ0) is 52.2. The standard InChI is InChI=1S/C19H29N5O.C18H31N5.C17H36N4O/c1-15(2)11-22-9-7-20-17(22)13-24(19(4,5)6)14-18-21-8-10-23(18)12-16(3)25;1-6-10-21-12-8-19-16(21)14-23(18(3,4)5)15-17-20-9-13-22(17)11-7-2;1-17(2,3)16(22)15-21-13-11-19(5)9-7-18(4)8-10-20(6)12-14-21/h7-10H,1,11-14H2,2-6H3;8-9,12-13H,6-7,10-11,14-15H2,1-5H3;7-15H2,1-6H3. The third kappa shape index (κ3) is 21.6. The van der Waals surface area contributed by atoms with Crippen molar-refractivity contribution in [2.45, 2.75) is 166 Å². The van der Waals surface area contributed by atoms with Gasteiger partial charge in [0.15, 0.2) is 5.78 Å². The molecule has 1 saturated heterocycles. The number of hydrogen-bond donors (Lipinski definition) is 0. The van der Waals surface area contributed by atoms with E-state index in [9.17, 15) is 9.59 Å². The molecule has 16 nitrogen and oxygen atoms in total. The van der Waals surface area contributed by atoms with E-state index in [-0.39, 0.29) is 22.3 Å². The lowest BCUT2D eigenvalue weighted by Gasteiger charge is -2.35. The van der Waals surface area contributed by atoms with E-state index >= 15 is 0 Å². The zero-order valence-electron chi connectivity index (χ0n) is 46.8. The number of hydrogen-bond acceptors (Lipinski definition) is 12. The second kappa shape index (κ2) is 28.7. The minimum atomic E-state index is -0.246. The van der Waals surface area contributed by atoms with Crippen molar-refractivity contribution in [1.82, 2.24) is 67.6 Å². The first-order valence-corrected chi connectivity index (χ1v) is 25.8. The van der Waals surface area contributed by atoms with Gasteiger partial charge in [-0.15, -0.1) is 0 Å². The highest BCUT2D eigenvalue weighted by atomic mass is 16.1. The smallest absolute Gasteiger partial charge is 0.152 e. The zero-order valence-corrected chi connectivity index (χ0v) is 46.8. The van der Waals surface area contributed by atoms with Gasteiger partial charge >= 0.3 is 0 Å². The number of Topliss-reactive ketones (excluding diaryl/α,β-unsaturated/α-hetero) is 2. The topological polar surface area (TPSA) is 125 Å². The molecule has 4 aromatic rings. The van der Waals surface area contributed by atoms with Crippen LogP contribution in [0.2, 0.25) is 0 Å². The van der Waals surface area contributed by atoms with Gasteiger partial charge in [-0.1, -0.05) is 46.8 Å². The Hall–Kier alpha value is -4.32. The van der Waals surface area contributed by atoms with Crippen molar-refractivity contribution in [1.29, 1.82) is 0 Å². The van der Waals surface area contributed by atoms with Crippen LogP contribution in [0.1, 0.15) is 126 Å². The summed E-state index contributed by atoms with van der Waals surface area (Å²) in [7, 11) is 6.55. The van der Waals surface area contributed by atoms with Gasteiger partial charge in [-0.05, 0) is 89.4 Å². The Labute approximate surface area is 424 Å². The van der Waals surface area contributed by atoms with Gasteiger partial charge in [-0.3, -0.25) is 24.3 Å². The molecular weight excluding hydrogens is 877 g/mol. The monoisotopic (exact) mass is 973 g/mol. The van der Waals surface area contributed by atoms with Crippen LogP contribution in [-0.4, -0.2) is 170 Å². The molecule has 70 heavy (non-hydrogen) atoms. The van der Waals surface area contributed by atoms with E-state index in [4.69, 9.17) is 0 Å². The molecular formula is C54H96N14O2. The molecule has 0 bridgehead atoms. The van der Waals surface area contributed by atoms with Crippen LogP contribution >= 0.6 is 0 Å². The van der Waals surface area contributed by atoms with E-state index in [0.717, 1.165) is 127 Å². The lowest BCUT2D eigenvalue weighted by atomic mass is 9.90. The minimum absolute atomic E-state index is 0.0615. The van der Waals surface area contributed by atoms with Crippen molar-refractivity contribution in [3.63, 3.8) is 0 Å². The molecule has 0 amide bonds. The third-order valence-electron chi connectivity index (χ3n) is 12.7. The van der Waals surface area contributed by atoms with Crippen LogP contribution in [0.15, 0.2) is 61.7 Å². The van der Waals surface area contributed by atoms with Crippen molar-refractivity contribution in [2.24, 2.45) is 5.41 Å². The Morgan fingerprint density at radius 3 is 1.13 bits per heavy atom. The largest absolute Gasteiger partial charge is 0.334 e. The maximum absolute atomic E-state index is 12.3. The summed E-state index contributed by atoms with van der Waals surface area (Å²) >= 11 is 0. The number of carbonyl (C=O) groups is 2. The van der Waals surface area contributed by atoms with Crippen molar-refractivity contribution < 1.29 is 9.59 Å². The highest BCUT2D eigenvalue weighted by Gasteiger charge is 2.27. The Morgan fingerprint density at radius 1 is 0.514 bits per heavy atom. The van der Waals surface area contributed by atoms with Gasteiger partial charge in [0.2, 0.25) is 0 Å². The summed E-state index contributed by atoms with van der Waals surface area (Å²) in [5.41, 5.74) is 0.849. The van der Waals surface area contributed by atoms with Crippen molar-refractivity contribution >= 4 is 11.6 Å². The normalized spacial score (nSPS) is 15.5. The number of likely N-dealkylation sites (N-methyl/N-ethyl adjacent to an activating group) is 3. The molecule has 1 fully saturated rings. The Balaban J connectivity index is 0.000000278. The maximum Gasteiger partial charge on any atom is 0.152 e. The number of carbonyl (C=O) groups excluding carboxylic acids is 2. The van der Waals surface area contributed by atoms with Crippen molar-refractivity contribution in [3.05, 3.63) is 85.0 Å². The predicted octanol–water partition coefficient (Wildman–Crippen LogP) is 7.46. The summed E-state index contributed by atoms with van der Waals surface area (Å²) in [6, 6.07) is 0. The molecule has 0 N–H and O–H groups in total. The maximum atomic E-state index is 12.3. The van der Waals surface area contributed by atoms with E-state index in [1.165, 1.54) is 0 Å². The number of nitrogens with zero attached hydrogens (tertiary/aromatic N) is 14. The SMILES string of the molecule is C=C(C)Cn1ccnc1CN(Cc1nccn1CC(C)=O)C(C)(C)C.CCCn1ccnc1CN(Cc1nccn1CCC)C(C)(C)C.CN1CCN(C)CCN(CC(=O)C(C)(C)C)CCN(C)CC1. The van der Waals surface area contributed by atoms with E-state index in [1.54, 1.807) is 13.1 Å². The number of rotatable bonds is 18. The van der Waals surface area contributed by atoms with E-state index in [0.29, 0.717) is 32.0 Å². The molecule has 0 aromatic carbocycles. The summed E-state index contributed by atoms with van der Waals surface area (Å²) in [6.07, 6.45) is 17.7. The lowest BCUT2D eigenvalue weighted by molar-refractivity contribution is -0.127. The molecule has 4 aromatic heterocycles. The first-order chi connectivity index (χ1) is 32.8. The molecule has 0 aliphatic carbocycles. The predicted molar refractivity (Wildman–Crippen MR) is 286 cm³/mol. The molecule has 0 atom stereocenters. The van der Waals surface area contributed by atoms with Crippen LogP contribution in [0.5, 0.6) is 0 Å². The molecule has 1 aliphatic rings. The van der Waals surface area contributed by atoms with Gasteiger partial charge in [0, 0.05) is 138 Å². The highest BCUT2D eigenvalue weighted by molar-refractivity contribution is 5.85. The number of ketones is 2. The fraction of sp³-hybridized carbons (Fsp3) is 0.704. The van der Waals surface area contributed by atoms with Gasteiger partial charge in [0.25, 0.3) is 0 Å². The lowest BCUT2D eigenvalue weighted by Crippen LogP contribution is -2.45. The Bertz CT molecular complexity index is 2010. The van der Waals surface area contributed by atoms with Crippen LogP contribution in [-0.2, 0) is 61.9 Å². The molecule has 0 radical (unpaired) electrons. The average Bonchev–Trinajstić information content (AvgIpc) is 4.09. The van der Waals surface area contributed by atoms with E-state index in [1.807, 2.05) is 63.2 Å². The number of imidazole rings is 4. The van der Waals surface area contributed by atoms with E-state index in [2.05, 4.69) is 159 Å². The summed E-state index contributed by atoms with van der Waals surface area (Å²) in [5, 5.41) is 0. The summed E-state index contributed by atoms with van der Waals surface area (Å²) in [6.45, 7) is 46.5. The molecule has 1 aliphatic heterocycles. The second-order valence-electron chi connectivity index (χ2n) is 22.6. The Kier molecular flexibility index (Phi) is 24.6. The van der Waals surface area contributed by atoms with Gasteiger partial charge in [0.05, 0.1) is 39.3 Å². The third-order valence-corrected chi connectivity index (χ3v) is 12.7. The highest BCUT2D eigenvalue weighted by Crippen LogP contribution is 2.22. The molecule has 16 heteroatoms. The van der Waals surface area contributed by atoms with Crippen LogP contribution < -0.4 is 0 Å². The number of allylic oxidation sites excluding steroid dienone is 1. The second-order valence-corrected chi connectivity index (χ2v) is 22.6. The van der Waals surface area contributed by atoms with Gasteiger partial charge < -0.3 is 33.0 Å². The average molecular weight is 973 g/mol. The Morgan fingerprint density at radius 2 is 0.829 bits per heavy atom. The minimum Gasteiger partial charge on any atom is -0.334 e. The molecule has 0 unspecified atom stereocenters. The fourth-order valence-corrected chi connectivity index (χ4v) is 7.77. The van der Waals surface area contributed by atoms with Gasteiger partial charge in [-0.2, -0.15) is 0 Å². The first-order valence-electron chi connectivity index (χ1n) is 25.8. The molecule has 5 rings (SSSR count). The van der Waals surface area contributed by atoms with Crippen molar-refractivity contribution in [3.8, 4) is 0 Å². The summed E-state index contributed by atoms with van der Waals surface area (Å²) in [5.74, 6) is 4.62. The van der Waals surface area contributed by atoms with Crippen LogP contribution in [0.3, 0.4) is 0 Å².